The van der Waals surface area contributed by atoms with E-state index in [-0.39, 0.29) is 5.75 Å². The summed E-state index contributed by atoms with van der Waals surface area (Å²) in [6, 6.07) is 20.9. The van der Waals surface area contributed by atoms with E-state index in [1.807, 2.05) is 42.5 Å². The molecule has 0 unspecified atom stereocenters. The number of nitrogens with one attached hydrogen (secondary N) is 1. The summed E-state index contributed by atoms with van der Waals surface area (Å²) >= 11 is 0. The smallest absolute Gasteiger partial charge is 0.480 e. The van der Waals surface area contributed by atoms with Crippen LogP contribution in [0.3, 0.4) is 0 Å². The first-order valence-electron chi connectivity index (χ1n) is 9.84. The van der Waals surface area contributed by atoms with Crippen molar-refractivity contribution in [2.24, 2.45) is 0 Å². The maximum atomic E-state index is 12.9. The average molecular weight is 453 g/mol. The molecule has 0 saturated carbocycles. The largest absolute Gasteiger partial charge is 0.573 e. The molecule has 168 valence electrons. The molecular formula is C24H18F3N3O3. The molecule has 1 aromatic heterocycles. The SMILES string of the molecule is O=C(COc1ccc(-n2ccnc2)cc1OC(F)(F)F)Nc1ccc(-c2ccccc2)cc1. The van der Waals surface area contributed by atoms with Gasteiger partial charge in [-0.1, -0.05) is 42.5 Å². The van der Waals surface area contributed by atoms with Gasteiger partial charge in [0.2, 0.25) is 0 Å². The van der Waals surface area contributed by atoms with Crippen LogP contribution in [0.2, 0.25) is 0 Å². The molecule has 1 heterocycles. The van der Waals surface area contributed by atoms with Crippen molar-refractivity contribution in [2.75, 3.05) is 11.9 Å². The van der Waals surface area contributed by atoms with Crippen molar-refractivity contribution in [3.63, 3.8) is 0 Å². The number of benzene rings is 3. The van der Waals surface area contributed by atoms with E-state index in [2.05, 4.69) is 15.0 Å². The van der Waals surface area contributed by atoms with Gasteiger partial charge in [0.1, 0.15) is 0 Å². The molecule has 3 aromatic carbocycles. The number of hydrogen-bond donors (Lipinski definition) is 1. The lowest BCUT2D eigenvalue weighted by atomic mass is 10.1. The van der Waals surface area contributed by atoms with E-state index in [0.717, 1.165) is 17.2 Å². The molecule has 0 aliphatic heterocycles. The fraction of sp³-hybridized carbons (Fsp3) is 0.0833. The van der Waals surface area contributed by atoms with Crippen LogP contribution in [0.25, 0.3) is 16.8 Å². The van der Waals surface area contributed by atoms with E-state index in [1.165, 1.54) is 29.2 Å². The molecule has 4 aromatic rings. The molecule has 0 atom stereocenters. The molecule has 33 heavy (non-hydrogen) atoms. The number of carbonyl (C=O) groups is 1. The van der Waals surface area contributed by atoms with Gasteiger partial charge in [-0.3, -0.25) is 4.79 Å². The van der Waals surface area contributed by atoms with Gasteiger partial charge >= 0.3 is 6.36 Å². The summed E-state index contributed by atoms with van der Waals surface area (Å²) in [5.41, 5.74) is 2.94. The Morgan fingerprint density at radius 1 is 0.939 bits per heavy atom. The maximum Gasteiger partial charge on any atom is 0.573 e. The van der Waals surface area contributed by atoms with Crippen molar-refractivity contribution in [3.05, 3.63) is 91.5 Å². The predicted octanol–water partition coefficient (Wildman–Crippen LogP) is 5.46. The van der Waals surface area contributed by atoms with Crippen molar-refractivity contribution in [2.45, 2.75) is 6.36 Å². The van der Waals surface area contributed by atoms with Crippen molar-refractivity contribution in [3.8, 4) is 28.3 Å². The molecule has 0 bridgehead atoms. The minimum absolute atomic E-state index is 0.217. The Kier molecular flexibility index (Phi) is 6.30. The van der Waals surface area contributed by atoms with E-state index >= 15 is 0 Å². The quantitative estimate of drug-likeness (QED) is 0.404. The second-order valence-corrected chi connectivity index (χ2v) is 6.93. The number of anilines is 1. The Morgan fingerprint density at radius 3 is 2.33 bits per heavy atom. The van der Waals surface area contributed by atoms with E-state index < -0.39 is 24.6 Å². The third kappa shape index (κ3) is 5.91. The molecule has 9 heteroatoms. The highest BCUT2D eigenvalue weighted by Crippen LogP contribution is 2.34. The van der Waals surface area contributed by atoms with Crippen LogP contribution in [0.5, 0.6) is 11.5 Å². The zero-order chi connectivity index (χ0) is 23.3. The topological polar surface area (TPSA) is 65.4 Å². The predicted molar refractivity (Wildman–Crippen MR) is 116 cm³/mol. The fourth-order valence-corrected chi connectivity index (χ4v) is 3.11. The number of alkyl halides is 3. The zero-order valence-electron chi connectivity index (χ0n) is 17.1. The normalized spacial score (nSPS) is 11.1. The minimum atomic E-state index is -4.92. The number of hydrogen-bond acceptors (Lipinski definition) is 4. The first-order chi connectivity index (χ1) is 15.9. The Balaban J connectivity index is 1.42. The van der Waals surface area contributed by atoms with Gasteiger partial charge in [-0.15, -0.1) is 13.2 Å². The number of amides is 1. The Hall–Kier alpha value is -4.27. The zero-order valence-corrected chi connectivity index (χ0v) is 17.1. The number of nitrogens with zero attached hydrogens (tertiary/aromatic N) is 2. The Bertz CT molecular complexity index is 1210. The van der Waals surface area contributed by atoms with Gasteiger partial charge in [0.25, 0.3) is 5.91 Å². The number of ether oxygens (including phenoxy) is 2. The summed E-state index contributed by atoms with van der Waals surface area (Å²) in [5, 5.41) is 2.65. The van der Waals surface area contributed by atoms with Crippen molar-refractivity contribution in [1.82, 2.24) is 9.55 Å². The van der Waals surface area contributed by atoms with E-state index in [4.69, 9.17) is 4.74 Å². The molecule has 1 amide bonds. The standard InChI is InChI=1S/C24H18F3N3O3/c25-24(26,27)33-22-14-20(30-13-12-28-16-30)10-11-21(22)32-15-23(31)29-19-8-6-18(7-9-19)17-4-2-1-3-5-17/h1-14,16H,15H2,(H,29,31). The average Bonchev–Trinajstić information content (AvgIpc) is 3.33. The van der Waals surface area contributed by atoms with E-state index in [1.54, 1.807) is 18.3 Å². The minimum Gasteiger partial charge on any atom is -0.480 e. The summed E-state index contributed by atoms with van der Waals surface area (Å²) in [7, 11) is 0. The van der Waals surface area contributed by atoms with Gasteiger partial charge in [0.05, 0.1) is 12.0 Å². The van der Waals surface area contributed by atoms with Crippen LogP contribution in [0.15, 0.2) is 91.5 Å². The number of rotatable bonds is 7. The monoisotopic (exact) mass is 453 g/mol. The van der Waals surface area contributed by atoms with E-state index in [0.29, 0.717) is 11.4 Å². The number of carbonyl (C=O) groups excluding carboxylic acids is 1. The number of halogens is 3. The fourth-order valence-electron chi connectivity index (χ4n) is 3.11. The molecule has 0 aliphatic rings. The van der Waals surface area contributed by atoms with Crippen LogP contribution in [-0.4, -0.2) is 28.4 Å². The van der Waals surface area contributed by atoms with Crippen LogP contribution >= 0.6 is 0 Å². The summed E-state index contributed by atoms with van der Waals surface area (Å²) in [5.74, 6) is -1.31. The third-order valence-electron chi connectivity index (χ3n) is 4.59. The third-order valence-corrected chi connectivity index (χ3v) is 4.59. The molecule has 0 radical (unpaired) electrons. The Labute approximate surface area is 187 Å². The molecule has 0 saturated heterocycles. The lowest BCUT2D eigenvalue weighted by molar-refractivity contribution is -0.275. The highest BCUT2D eigenvalue weighted by Gasteiger charge is 2.33. The van der Waals surface area contributed by atoms with Gasteiger partial charge in [0.15, 0.2) is 18.1 Å². The maximum absolute atomic E-state index is 12.9. The molecule has 6 nitrogen and oxygen atoms in total. The van der Waals surface area contributed by atoms with Gasteiger partial charge in [0, 0.05) is 24.1 Å². The van der Waals surface area contributed by atoms with Gasteiger partial charge < -0.3 is 19.4 Å². The van der Waals surface area contributed by atoms with Crippen molar-refractivity contribution >= 4 is 11.6 Å². The van der Waals surface area contributed by atoms with Crippen LogP contribution in [0.4, 0.5) is 18.9 Å². The summed E-state index contributed by atoms with van der Waals surface area (Å²) in [6.07, 6.45) is -0.423. The Morgan fingerprint density at radius 2 is 1.67 bits per heavy atom. The highest BCUT2D eigenvalue weighted by atomic mass is 19.4. The molecule has 4 rings (SSSR count). The highest BCUT2D eigenvalue weighted by molar-refractivity contribution is 5.92. The van der Waals surface area contributed by atoms with E-state index in [9.17, 15) is 18.0 Å². The van der Waals surface area contributed by atoms with Crippen LogP contribution in [-0.2, 0) is 4.79 Å². The lowest BCUT2D eigenvalue weighted by Crippen LogP contribution is -2.21. The molecule has 0 aliphatic carbocycles. The number of aromatic nitrogens is 2. The van der Waals surface area contributed by atoms with Gasteiger partial charge in [-0.25, -0.2) is 4.98 Å². The first kappa shape index (κ1) is 21.9. The number of imidazole rings is 1. The summed E-state index contributed by atoms with van der Waals surface area (Å²) in [6.45, 7) is -0.501. The molecular weight excluding hydrogens is 435 g/mol. The molecule has 0 fully saturated rings. The lowest BCUT2D eigenvalue weighted by Gasteiger charge is -2.15. The molecule has 0 spiro atoms. The van der Waals surface area contributed by atoms with Crippen molar-refractivity contribution < 1.29 is 27.4 Å². The van der Waals surface area contributed by atoms with Crippen LogP contribution in [0, 0.1) is 0 Å². The summed E-state index contributed by atoms with van der Waals surface area (Å²) < 4.78 is 49.5. The summed E-state index contributed by atoms with van der Waals surface area (Å²) in [4.78, 5) is 16.1. The second kappa shape index (κ2) is 9.47. The second-order valence-electron chi connectivity index (χ2n) is 6.93. The van der Waals surface area contributed by atoms with Crippen LogP contribution < -0.4 is 14.8 Å². The molecule has 1 N–H and O–H groups in total. The van der Waals surface area contributed by atoms with Gasteiger partial charge in [-0.05, 0) is 35.4 Å². The first-order valence-corrected chi connectivity index (χ1v) is 9.84. The van der Waals surface area contributed by atoms with Crippen LogP contribution in [0.1, 0.15) is 0 Å². The van der Waals surface area contributed by atoms with Crippen molar-refractivity contribution in [1.29, 1.82) is 0 Å². The van der Waals surface area contributed by atoms with Gasteiger partial charge in [-0.2, -0.15) is 0 Å².